The fourth-order valence-electron chi connectivity index (χ4n) is 4.44. The minimum Gasteiger partial charge on any atom is -0.497 e. The number of piperidine rings is 1. The molecule has 2 unspecified atom stereocenters. The molecule has 7 heteroatoms. The van der Waals surface area contributed by atoms with Gasteiger partial charge in [-0.25, -0.2) is 4.39 Å². The smallest absolute Gasteiger partial charge is 0.230 e. The van der Waals surface area contributed by atoms with E-state index in [4.69, 9.17) is 9.47 Å². The van der Waals surface area contributed by atoms with E-state index in [0.717, 1.165) is 5.56 Å². The number of methoxy groups -OCH3 is 2. The Balaban J connectivity index is 1.78. The first kappa shape index (κ1) is 23.3. The van der Waals surface area contributed by atoms with Gasteiger partial charge in [-0.05, 0) is 61.4 Å². The molecular weight excluding hydrogens is 435 g/mol. The quantitative estimate of drug-likeness (QED) is 0.542. The summed E-state index contributed by atoms with van der Waals surface area (Å²) < 4.78 is 25.2. The van der Waals surface area contributed by atoms with E-state index < -0.39 is 17.8 Å². The number of anilines is 2. The summed E-state index contributed by atoms with van der Waals surface area (Å²) in [4.78, 5) is 28.4. The maximum atomic E-state index is 14.4. The Morgan fingerprint density at radius 3 is 2.47 bits per heavy atom. The molecule has 176 valence electrons. The normalized spacial score (nSPS) is 17.9. The third-order valence-electron chi connectivity index (χ3n) is 6.12. The van der Waals surface area contributed by atoms with Gasteiger partial charge in [-0.1, -0.05) is 24.3 Å². The van der Waals surface area contributed by atoms with Crippen molar-refractivity contribution in [3.63, 3.8) is 0 Å². The van der Waals surface area contributed by atoms with Crippen LogP contribution in [0.3, 0.4) is 0 Å². The molecule has 3 aromatic carbocycles. The molecule has 1 N–H and O–H groups in total. The Labute approximate surface area is 198 Å². The average Bonchev–Trinajstić information content (AvgIpc) is 2.86. The van der Waals surface area contributed by atoms with Crippen molar-refractivity contribution in [2.24, 2.45) is 5.92 Å². The largest absolute Gasteiger partial charge is 0.497 e. The van der Waals surface area contributed by atoms with Crippen molar-refractivity contribution in [1.82, 2.24) is 0 Å². The average molecular weight is 463 g/mol. The van der Waals surface area contributed by atoms with Crippen LogP contribution in [-0.2, 0) is 9.59 Å². The summed E-state index contributed by atoms with van der Waals surface area (Å²) >= 11 is 0. The van der Waals surface area contributed by atoms with Crippen LogP contribution in [0.5, 0.6) is 11.5 Å². The minimum absolute atomic E-state index is 0.105. The first-order valence-corrected chi connectivity index (χ1v) is 11.1. The number of ether oxygens (including phenoxy) is 2. The summed E-state index contributed by atoms with van der Waals surface area (Å²) in [6.45, 7) is 1.83. The van der Waals surface area contributed by atoms with Crippen molar-refractivity contribution in [3.8, 4) is 11.5 Å². The number of aryl methyl sites for hydroxylation is 1. The molecule has 0 aromatic heterocycles. The lowest BCUT2D eigenvalue weighted by molar-refractivity contribution is -0.126. The van der Waals surface area contributed by atoms with Crippen LogP contribution in [0.1, 0.15) is 30.0 Å². The molecule has 1 fully saturated rings. The lowest BCUT2D eigenvalue weighted by Gasteiger charge is -2.41. The summed E-state index contributed by atoms with van der Waals surface area (Å²) in [5.74, 6) is -0.368. The number of carbonyl (C=O) groups is 2. The van der Waals surface area contributed by atoms with Crippen molar-refractivity contribution in [2.75, 3.05) is 24.4 Å². The van der Waals surface area contributed by atoms with Crippen molar-refractivity contribution in [2.45, 2.75) is 25.8 Å². The van der Waals surface area contributed by atoms with Crippen LogP contribution >= 0.6 is 0 Å². The van der Waals surface area contributed by atoms with Gasteiger partial charge in [0.15, 0.2) is 0 Å². The maximum Gasteiger partial charge on any atom is 0.230 e. The first-order chi connectivity index (χ1) is 16.4. The highest BCUT2D eigenvalue weighted by Crippen LogP contribution is 2.43. The van der Waals surface area contributed by atoms with Gasteiger partial charge in [0.2, 0.25) is 11.8 Å². The topological polar surface area (TPSA) is 67.9 Å². The molecule has 0 spiro atoms. The first-order valence-electron chi connectivity index (χ1n) is 11.1. The highest BCUT2D eigenvalue weighted by Gasteiger charge is 2.42. The summed E-state index contributed by atoms with van der Waals surface area (Å²) in [5, 5.41) is 2.75. The van der Waals surface area contributed by atoms with Gasteiger partial charge in [-0.15, -0.1) is 0 Å². The number of nitrogens with zero attached hydrogens (tertiary/aromatic N) is 1. The number of halogens is 1. The summed E-state index contributed by atoms with van der Waals surface area (Å²) in [5.41, 5.74) is 2.30. The molecule has 6 nitrogen and oxygen atoms in total. The van der Waals surface area contributed by atoms with Gasteiger partial charge in [0.1, 0.15) is 17.3 Å². The standard InChI is InChI=1S/C27H27FN2O4/c1-17-8-14-22(28)23(16-17)29-27(32)21-13-15-25(31)30(18-9-11-19(33-2)12-10-18)26(21)20-6-4-5-7-24(20)34-3/h4-12,14,16,21,26H,13,15H2,1-3H3,(H,29,32). The van der Waals surface area contributed by atoms with Crippen molar-refractivity contribution < 1.29 is 23.5 Å². The van der Waals surface area contributed by atoms with Gasteiger partial charge in [0.05, 0.1) is 31.9 Å². The zero-order valence-corrected chi connectivity index (χ0v) is 19.4. The van der Waals surface area contributed by atoms with Crippen LogP contribution in [0.25, 0.3) is 0 Å². The Morgan fingerprint density at radius 2 is 1.76 bits per heavy atom. The van der Waals surface area contributed by atoms with Gasteiger partial charge in [0.25, 0.3) is 0 Å². The second-order valence-corrected chi connectivity index (χ2v) is 8.27. The number of para-hydroxylation sites is 1. The summed E-state index contributed by atoms with van der Waals surface area (Å²) in [6.07, 6.45) is 0.513. The molecular formula is C27H27FN2O4. The third-order valence-corrected chi connectivity index (χ3v) is 6.12. The number of nitrogens with one attached hydrogen (secondary N) is 1. The number of carbonyl (C=O) groups excluding carboxylic acids is 2. The Kier molecular flexibility index (Phi) is 6.82. The fourth-order valence-corrected chi connectivity index (χ4v) is 4.44. The summed E-state index contributed by atoms with van der Waals surface area (Å²) in [7, 11) is 3.13. The predicted molar refractivity (Wildman–Crippen MR) is 129 cm³/mol. The number of rotatable bonds is 6. The number of benzene rings is 3. The van der Waals surface area contributed by atoms with E-state index in [0.29, 0.717) is 29.2 Å². The van der Waals surface area contributed by atoms with Gasteiger partial charge in [-0.3, -0.25) is 9.59 Å². The second-order valence-electron chi connectivity index (χ2n) is 8.27. The van der Waals surface area contributed by atoms with E-state index in [1.165, 1.54) is 6.07 Å². The molecule has 0 aliphatic carbocycles. The summed E-state index contributed by atoms with van der Waals surface area (Å²) in [6, 6.07) is 18.4. The van der Waals surface area contributed by atoms with Crippen LogP contribution in [0, 0.1) is 18.7 Å². The molecule has 3 aromatic rings. The number of hydrogen-bond donors (Lipinski definition) is 1. The van der Waals surface area contributed by atoms with Gasteiger partial charge in [-0.2, -0.15) is 0 Å². The van der Waals surface area contributed by atoms with Gasteiger partial charge < -0.3 is 19.7 Å². The van der Waals surface area contributed by atoms with E-state index in [9.17, 15) is 14.0 Å². The van der Waals surface area contributed by atoms with Crippen LogP contribution < -0.4 is 19.7 Å². The minimum atomic E-state index is -0.640. The van der Waals surface area contributed by atoms with Crippen LogP contribution in [0.4, 0.5) is 15.8 Å². The Hall–Kier alpha value is -3.87. The van der Waals surface area contributed by atoms with E-state index in [2.05, 4.69) is 5.32 Å². The van der Waals surface area contributed by atoms with E-state index >= 15 is 0 Å². The fraction of sp³-hybridized carbons (Fsp3) is 0.259. The molecule has 1 heterocycles. The zero-order valence-electron chi connectivity index (χ0n) is 19.4. The molecule has 0 radical (unpaired) electrons. The highest BCUT2D eigenvalue weighted by molar-refractivity contribution is 6.00. The van der Waals surface area contributed by atoms with Gasteiger partial charge >= 0.3 is 0 Å². The van der Waals surface area contributed by atoms with E-state index in [1.807, 2.05) is 25.1 Å². The molecule has 1 aliphatic rings. The van der Waals surface area contributed by atoms with Crippen molar-refractivity contribution >= 4 is 23.2 Å². The molecule has 2 amide bonds. The maximum absolute atomic E-state index is 14.4. The van der Waals surface area contributed by atoms with Gasteiger partial charge in [0, 0.05) is 17.7 Å². The SMILES string of the molecule is COc1ccc(N2C(=O)CCC(C(=O)Nc3cc(C)ccc3F)C2c2ccccc2OC)cc1. The van der Waals surface area contributed by atoms with E-state index in [1.54, 1.807) is 61.6 Å². The molecule has 1 aliphatic heterocycles. The molecule has 0 bridgehead atoms. The zero-order chi connectivity index (χ0) is 24.2. The molecule has 4 rings (SSSR count). The predicted octanol–water partition coefficient (Wildman–Crippen LogP) is 5.27. The second kappa shape index (κ2) is 9.95. The Bertz CT molecular complexity index is 1200. The van der Waals surface area contributed by atoms with Crippen LogP contribution in [0.15, 0.2) is 66.7 Å². The molecule has 34 heavy (non-hydrogen) atoms. The van der Waals surface area contributed by atoms with Crippen molar-refractivity contribution in [3.05, 3.63) is 83.7 Å². The third kappa shape index (κ3) is 4.59. The lowest BCUT2D eigenvalue weighted by atomic mass is 9.82. The van der Waals surface area contributed by atoms with E-state index in [-0.39, 0.29) is 23.9 Å². The Morgan fingerprint density at radius 1 is 1.03 bits per heavy atom. The van der Waals surface area contributed by atoms with Crippen LogP contribution in [0.2, 0.25) is 0 Å². The highest BCUT2D eigenvalue weighted by atomic mass is 19.1. The number of amides is 2. The molecule has 2 atom stereocenters. The molecule has 0 saturated carbocycles. The molecule has 1 saturated heterocycles. The van der Waals surface area contributed by atoms with Crippen molar-refractivity contribution in [1.29, 1.82) is 0 Å². The lowest BCUT2D eigenvalue weighted by Crippen LogP contribution is -2.47. The van der Waals surface area contributed by atoms with Crippen LogP contribution in [-0.4, -0.2) is 26.0 Å². The number of hydrogen-bond acceptors (Lipinski definition) is 4. The monoisotopic (exact) mass is 462 g/mol.